The van der Waals surface area contributed by atoms with Crippen LogP contribution in [0.4, 0.5) is 0 Å². The van der Waals surface area contributed by atoms with E-state index in [0.717, 1.165) is 18.7 Å². The maximum atomic E-state index is 5.50. The molecule has 0 atom stereocenters. The van der Waals surface area contributed by atoms with Gasteiger partial charge in [0.2, 0.25) is 5.90 Å². The molecule has 0 saturated carbocycles. The lowest BCUT2D eigenvalue weighted by Gasteiger charge is -2.06. The van der Waals surface area contributed by atoms with Gasteiger partial charge in [0.1, 0.15) is 0 Å². The summed E-state index contributed by atoms with van der Waals surface area (Å²) in [5.74, 6) is 0.638. The maximum Gasteiger partial charge on any atom is 0.210 e. The molecule has 0 unspecified atom stereocenters. The first-order valence-electron chi connectivity index (χ1n) is 2.87. The summed E-state index contributed by atoms with van der Waals surface area (Å²) in [4.78, 5) is 4.04. The van der Waals surface area contributed by atoms with Crippen molar-refractivity contribution in [3.63, 3.8) is 0 Å². The summed E-state index contributed by atoms with van der Waals surface area (Å²) in [5.41, 5.74) is 6.35. The Morgan fingerprint density at radius 3 is 3.00 bits per heavy atom. The smallest absolute Gasteiger partial charge is 0.210 e. The third-order valence-electron chi connectivity index (χ3n) is 1.19. The summed E-state index contributed by atoms with van der Waals surface area (Å²) < 4.78 is 4.86. The van der Waals surface area contributed by atoms with Gasteiger partial charge < -0.3 is 10.5 Å². The molecule has 1 heterocycles. The zero-order chi connectivity index (χ0) is 6.69. The molecule has 0 aromatic rings. The fraction of sp³-hybridized carbons (Fsp3) is 0.500. The van der Waals surface area contributed by atoms with E-state index in [1.807, 2.05) is 0 Å². The molecule has 1 aliphatic rings. The van der Waals surface area contributed by atoms with Crippen molar-refractivity contribution in [3.05, 3.63) is 11.8 Å². The molecule has 0 amide bonds. The third-order valence-corrected chi connectivity index (χ3v) is 1.19. The Balaban J connectivity index is 2.63. The van der Waals surface area contributed by atoms with Crippen LogP contribution in [0.3, 0.4) is 0 Å². The van der Waals surface area contributed by atoms with Crippen molar-refractivity contribution in [1.29, 1.82) is 0 Å². The number of nitrogens with zero attached hydrogens (tertiary/aromatic N) is 1. The topological polar surface area (TPSA) is 47.6 Å². The Kier molecular flexibility index (Phi) is 1.72. The van der Waals surface area contributed by atoms with E-state index in [0.29, 0.717) is 5.90 Å². The van der Waals surface area contributed by atoms with Crippen LogP contribution in [0.15, 0.2) is 16.8 Å². The Labute approximate surface area is 54.2 Å². The summed E-state index contributed by atoms with van der Waals surface area (Å²) >= 11 is 0. The van der Waals surface area contributed by atoms with E-state index in [-0.39, 0.29) is 0 Å². The molecule has 3 heteroatoms. The molecule has 0 aromatic heterocycles. The van der Waals surface area contributed by atoms with Gasteiger partial charge in [-0.05, 0) is 0 Å². The molecule has 0 fully saturated rings. The van der Waals surface area contributed by atoms with Crippen molar-refractivity contribution in [1.82, 2.24) is 0 Å². The molecule has 3 nitrogen and oxygen atoms in total. The molecule has 0 aliphatic carbocycles. The molecule has 50 valence electrons. The van der Waals surface area contributed by atoms with E-state index in [2.05, 4.69) is 4.99 Å². The predicted molar refractivity (Wildman–Crippen MR) is 36.2 cm³/mol. The predicted octanol–water partition coefficient (Wildman–Crippen LogP) is 0.278. The Morgan fingerprint density at radius 1 is 1.78 bits per heavy atom. The zero-order valence-corrected chi connectivity index (χ0v) is 5.42. The summed E-state index contributed by atoms with van der Waals surface area (Å²) in [7, 11) is 1.59. The number of dihydropyridines is 1. The SMILES string of the molecule is COC1=NCCC(N)=C1. The molecule has 0 spiro atoms. The van der Waals surface area contributed by atoms with Crippen LogP contribution in [-0.2, 0) is 4.74 Å². The molecule has 2 N–H and O–H groups in total. The van der Waals surface area contributed by atoms with Gasteiger partial charge in [-0.3, -0.25) is 4.99 Å². The van der Waals surface area contributed by atoms with E-state index in [9.17, 15) is 0 Å². The van der Waals surface area contributed by atoms with Crippen molar-refractivity contribution in [3.8, 4) is 0 Å². The lowest BCUT2D eigenvalue weighted by molar-refractivity contribution is 0.402. The van der Waals surface area contributed by atoms with Crippen LogP contribution < -0.4 is 5.73 Å². The van der Waals surface area contributed by atoms with Crippen LogP contribution in [0.25, 0.3) is 0 Å². The summed E-state index contributed by atoms with van der Waals surface area (Å²) in [6.07, 6.45) is 2.61. The molecule has 0 saturated heterocycles. The molecule has 0 aromatic carbocycles. The molecular weight excluding hydrogens is 116 g/mol. The summed E-state index contributed by atoms with van der Waals surface area (Å²) in [6, 6.07) is 0. The summed E-state index contributed by atoms with van der Waals surface area (Å²) in [5, 5.41) is 0. The number of aliphatic imine (C=N–C) groups is 1. The minimum Gasteiger partial charge on any atom is -0.481 e. The second-order valence-electron chi connectivity index (χ2n) is 1.89. The number of hydrogen-bond acceptors (Lipinski definition) is 3. The van der Waals surface area contributed by atoms with Gasteiger partial charge in [-0.1, -0.05) is 0 Å². The quantitative estimate of drug-likeness (QED) is 0.506. The zero-order valence-electron chi connectivity index (χ0n) is 5.42. The van der Waals surface area contributed by atoms with Crippen LogP contribution in [0.2, 0.25) is 0 Å². The van der Waals surface area contributed by atoms with Crippen molar-refractivity contribution < 1.29 is 4.74 Å². The Morgan fingerprint density at radius 2 is 2.56 bits per heavy atom. The first kappa shape index (κ1) is 6.13. The first-order chi connectivity index (χ1) is 4.33. The minimum absolute atomic E-state index is 0.638. The van der Waals surface area contributed by atoms with E-state index in [4.69, 9.17) is 10.5 Å². The van der Waals surface area contributed by atoms with Gasteiger partial charge in [-0.15, -0.1) is 0 Å². The molecule has 0 radical (unpaired) electrons. The number of hydrogen-bond donors (Lipinski definition) is 1. The van der Waals surface area contributed by atoms with E-state index < -0.39 is 0 Å². The highest BCUT2D eigenvalue weighted by Crippen LogP contribution is 2.01. The van der Waals surface area contributed by atoms with Gasteiger partial charge in [0.15, 0.2) is 0 Å². The Bertz CT molecular complexity index is 160. The van der Waals surface area contributed by atoms with E-state index in [1.54, 1.807) is 13.2 Å². The minimum atomic E-state index is 0.638. The lowest BCUT2D eigenvalue weighted by atomic mass is 10.2. The monoisotopic (exact) mass is 126 g/mol. The first-order valence-corrected chi connectivity index (χ1v) is 2.87. The average Bonchev–Trinajstić information content (AvgIpc) is 1.88. The van der Waals surface area contributed by atoms with Crippen molar-refractivity contribution >= 4 is 5.90 Å². The lowest BCUT2D eigenvalue weighted by Crippen LogP contribution is -2.11. The van der Waals surface area contributed by atoms with Gasteiger partial charge in [0, 0.05) is 24.7 Å². The number of methoxy groups -OCH3 is 1. The standard InChI is InChI=1S/C6H10N2O/c1-9-6-4-5(7)2-3-8-6/h4H,2-3,7H2,1H3. The normalized spacial score (nSPS) is 18.3. The second kappa shape index (κ2) is 2.53. The molecule has 0 bridgehead atoms. The molecule has 1 aliphatic heterocycles. The van der Waals surface area contributed by atoms with Crippen molar-refractivity contribution in [2.45, 2.75) is 6.42 Å². The van der Waals surface area contributed by atoms with Crippen LogP contribution >= 0.6 is 0 Å². The fourth-order valence-corrected chi connectivity index (χ4v) is 0.695. The van der Waals surface area contributed by atoms with E-state index in [1.165, 1.54) is 0 Å². The molecular formula is C6H10N2O. The maximum absolute atomic E-state index is 5.50. The van der Waals surface area contributed by atoms with E-state index >= 15 is 0 Å². The van der Waals surface area contributed by atoms with Crippen molar-refractivity contribution in [2.75, 3.05) is 13.7 Å². The largest absolute Gasteiger partial charge is 0.481 e. The third kappa shape index (κ3) is 1.45. The number of rotatable bonds is 0. The highest BCUT2D eigenvalue weighted by molar-refractivity contribution is 5.88. The van der Waals surface area contributed by atoms with Gasteiger partial charge in [-0.25, -0.2) is 0 Å². The van der Waals surface area contributed by atoms with Crippen LogP contribution in [-0.4, -0.2) is 19.6 Å². The van der Waals surface area contributed by atoms with Crippen LogP contribution in [0.5, 0.6) is 0 Å². The van der Waals surface area contributed by atoms with Crippen LogP contribution in [0.1, 0.15) is 6.42 Å². The van der Waals surface area contributed by atoms with Gasteiger partial charge >= 0.3 is 0 Å². The Hall–Kier alpha value is -0.990. The highest BCUT2D eigenvalue weighted by Gasteiger charge is 2.01. The van der Waals surface area contributed by atoms with Gasteiger partial charge in [0.05, 0.1) is 7.11 Å². The van der Waals surface area contributed by atoms with Gasteiger partial charge in [-0.2, -0.15) is 0 Å². The molecule has 1 rings (SSSR count). The number of ether oxygens (including phenoxy) is 1. The number of nitrogens with two attached hydrogens (primary N) is 1. The van der Waals surface area contributed by atoms with Gasteiger partial charge in [0.25, 0.3) is 0 Å². The summed E-state index contributed by atoms with van der Waals surface area (Å²) in [6.45, 7) is 0.755. The molecule has 9 heavy (non-hydrogen) atoms. The van der Waals surface area contributed by atoms with Crippen LogP contribution in [0, 0.1) is 0 Å². The fourth-order valence-electron chi connectivity index (χ4n) is 0.695. The average molecular weight is 126 g/mol. The van der Waals surface area contributed by atoms with Crippen molar-refractivity contribution in [2.24, 2.45) is 10.7 Å². The second-order valence-corrected chi connectivity index (χ2v) is 1.89. The highest BCUT2D eigenvalue weighted by atomic mass is 16.5.